The predicted molar refractivity (Wildman–Crippen MR) is 59.5 cm³/mol. The molecule has 2 N–H and O–H groups in total. The van der Waals surface area contributed by atoms with Crippen LogP contribution in [0.5, 0.6) is 0 Å². The van der Waals surface area contributed by atoms with Gasteiger partial charge in [0.1, 0.15) is 9.90 Å². The lowest BCUT2D eigenvalue weighted by atomic mass is 10.4. The van der Waals surface area contributed by atoms with Crippen molar-refractivity contribution in [3.63, 3.8) is 0 Å². The van der Waals surface area contributed by atoms with E-state index in [1.807, 2.05) is 13.8 Å². The van der Waals surface area contributed by atoms with Gasteiger partial charge in [0.05, 0.1) is 0 Å². The highest BCUT2D eigenvalue weighted by Crippen LogP contribution is 2.38. The molecular weight excluding hydrogens is 221 g/mol. The average molecular weight is 231 g/mol. The molecule has 2 heterocycles. The third kappa shape index (κ3) is 1.85. The van der Waals surface area contributed by atoms with Gasteiger partial charge in [-0.3, -0.25) is 0 Å². The molecule has 0 spiro atoms. The first kappa shape index (κ1) is 9.79. The van der Waals surface area contributed by atoms with E-state index >= 15 is 0 Å². The molecule has 14 heavy (non-hydrogen) atoms. The first-order valence-corrected chi connectivity index (χ1v) is 5.87. The number of hydrogen-bond acceptors (Lipinski definition) is 5. The van der Waals surface area contributed by atoms with Gasteiger partial charge in [-0.2, -0.15) is 4.40 Å². The molecule has 2 rings (SSSR count). The molecular formula is C8H10FN3S2. The van der Waals surface area contributed by atoms with Crippen molar-refractivity contribution in [2.24, 2.45) is 4.40 Å². The molecule has 3 nitrogen and oxygen atoms in total. The van der Waals surface area contributed by atoms with Gasteiger partial charge < -0.3 is 10.6 Å². The third-order valence-corrected chi connectivity index (χ3v) is 3.50. The lowest BCUT2D eigenvalue weighted by molar-refractivity contribution is 0.635. The number of nitrogens with zero attached hydrogens (tertiary/aromatic N) is 1. The standard InChI is InChI=1S/C8H10FN3S2/c1-4(2)10-8-11-6-5(9)3-13-7(6)14-12-8/h3-4H,1-2H3,(H2,10,11,12). The van der Waals surface area contributed by atoms with Crippen LogP contribution in [0.2, 0.25) is 0 Å². The van der Waals surface area contributed by atoms with E-state index < -0.39 is 0 Å². The lowest BCUT2D eigenvalue weighted by Gasteiger charge is -2.17. The van der Waals surface area contributed by atoms with Gasteiger partial charge in [-0.25, -0.2) is 4.39 Å². The Bertz CT molecular complexity index is 373. The quantitative estimate of drug-likeness (QED) is 0.730. The second kappa shape index (κ2) is 3.78. The van der Waals surface area contributed by atoms with Gasteiger partial charge in [0.2, 0.25) is 5.96 Å². The Morgan fingerprint density at radius 3 is 3.07 bits per heavy atom. The highest BCUT2D eigenvalue weighted by molar-refractivity contribution is 8.00. The van der Waals surface area contributed by atoms with Crippen molar-refractivity contribution in [1.29, 1.82) is 0 Å². The molecule has 0 aromatic carbocycles. The molecule has 0 atom stereocenters. The topological polar surface area (TPSA) is 36.4 Å². The summed E-state index contributed by atoms with van der Waals surface area (Å²) < 4.78 is 18.2. The van der Waals surface area contributed by atoms with Crippen molar-refractivity contribution in [3.05, 3.63) is 11.2 Å². The number of fused-ring (bicyclic) bond motifs is 1. The fourth-order valence-electron chi connectivity index (χ4n) is 1.06. The minimum Gasteiger partial charge on any atom is -0.353 e. The van der Waals surface area contributed by atoms with E-state index in [-0.39, 0.29) is 11.9 Å². The normalized spacial score (nSPS) is 14.7. The fraction of sp³-hybridized carbons (Fsp3) is 0.375. The molecule has 0 unspecified atom stereocenters. The van der Waals surface area contributed by atoms with Gasteiger partial charge in [0.15, 0.2) is 5.82 Å². The van der Waals surface area contributed by atoms with E-state index in [9.17, 15) is 4.39 Å². The van der Waals surface area contributed by atoms with Crippen molar-refractivity contribution >= 4 is 34.9 Å². The molecule has 1 aromatic rings. The Kier molecular flexibility index (Phi) is 2.64. The number of halogens is 1. The second-order valence-corrected chi connectivity index (χ2v) is 5.11. The van der Waals surface area contributed by atoms with Gasteiger partial charge in [-0.15, -0.1) is 11.3 Å². The molecule has 0 saturated heterocycles. The van der Waals surface area contributed by atoms with E-state index in [2.05, 4.69) is 15.0 Å². The summed E-state index contributed by atoms with van der Waals surface area (Å²) >= 11 is 2.66. The van der Waals surface area contributed by atoms with Gasteiger partial charge in [-0.05, 0) is 13.8 Å². The highest BCUT2D eigenvalue weighted by Gasteiger charge is 2.18. The molecule has 0 amide bonds. The van der Waals surface area contributed by atoms with Crippen molar-refractivity contribution in [2.45, 2.75) is 24.1 Å². The number of hydrogen-bond donors (Lipinski definition) is 2. The highest BCUT2D eigenvalue weighted by atomic mass is 32.2. The number of thiophene rings is 1. The van der Waals surface area contributed by atoms with Gasteiger partial charge in [0.25, 0.3) is 0 Å². The van der Waals surface area contributed by atoms with Crippen molar-refractivity contribution in [2.75, 3.05) is 5.32 Å². The summed E-state index contributed by atoms with van der Waals surface area (Å²) in [6.07, 6.45) is 0. The molecule has 6 heteroatoms. The van der Waals surface area contributed by atoms with E-state index in [0.717, 1.165) is 4.21 Å². The zero-order valence-electron chi connectivity index (χ0n) is 7.80. The molecule has 0 radical (unpaired) electrons. The third-order valence-electron chi connectivity index (χ3n) is 1.60. The Labute approximate surface area is 89.9 Å². The van der Waals surface area contributed by atoms with E-state index in [1.54, 1.807) is 0 Å². The van der Waals surface area contributed by atoms with Crippen LogP contribution >= 0.6 is 23.3 Å². The van der Waals surface area contributed by atoms with Crippen LogP contribution in [0.4, 0.5) is 10.1 Å². The first-order valence-electron chi connectivity index (χ1n) is 4.22. The molecule has 1 aliphatic heterocycles. The van der Waals surface area contributed by atoms with Crippen molar-refractivity contribution in [3.8, 4) is 0 Å². The first-order chi connectivity index (χ1) is 6.66. The van der Waals surface area contributed by atoms with Crippen LogP contribution in [-0.4, -0.2) is 12.0 Å². The summed E-state index contributed by atoms with van der Waals surface area (Å²) in [5.74, 6) is 0.408. The van der Waals surface area contributed by atoms with Gasteiger partial charge >= 0.3 is 0 Å². The van der Waals surface area contributed by atoms with Crippen molar-refractivity contribution in [1.82, 2.24) is 5.32 Å². The predicted octanol–water partition coefficient (Wildman–Crippen LogP) is 2.67. The fourth-order valence-corrected chi connectivity index (χ4v) is 2.60. The van der Waals surface area contributed by atoms with Crippen LogP contribution in [0.15, 0.2) is 14.0 Å². The maximum atomic E-state index is 13.2. The van der Waals surface area contributed by atoms with E-state index in [1.165, 1.54) is 28.7 Å². The maximum Gasteiger partial charge on any atom is 0.208 e. The average Bonchev–Trinajstić information content (AvgIpc) is 2.47. The number of nitrogens with one attached hydrogen (secondary N) is 2. The lowest BCUT2D eigenvalue weighted by Crippen LogP contribution is -2.36. The van der Waals surface area contributed by atoms with Crippen LogP contribution in [0.3, 0.4) is 0 Å². The monoisotopic (exact) mass is 231 g/mol. The summed E-state index contributed by atoms with van der Waals surface area (Å²) in [7, 11) is 0. The number of anilines is 1. The van der Waals surface area contributed by atoms with Crippen LogP contribution in [0.1, 0.15) is 13.8 Å². The SMILES string of the molecule is CC(C)NC1=NSc2scc(F)c2N1. The summed E-state index contributed by atoms with van der Waals surface area (Å²) in [6, 6.07) is 0.282. The minimum atomic E-state index is -0.213. The Morgan fingerprint density at radius 2 is 2.36 bits per heavy atom. The summed E-state index contributed by atoms with van der Waals surface area (Å²) in [5, 5.41) is 7.51. The van der Waals surface area contributed by atoms with E-state index in [4.69, 9.17) is 0 Å². The molecule has 0 fully saturated rings. The summed E-state index contributed by atoms with van der Waals surface area (Å²) in [4.78, 5) is 0. The summed E-state index contributed by atoms with van der Waals surface area (Å²) in [6.45, 7) is 4.02. The van der Waals surface area contributed by atoms with Crippen LogP contribution in [0.25, 0.3) is 0 Å². The zero-order chi connectivity index (χ0) is 10.1. The largest absolute Gasteiger partial charge is 0.353 e. The number of guanidine groups is 1. The molecule has 1 aromatic heterocycles. The zero-order valence-corrected chi connectivity index (χ0v) is 9.43. The van der Waals surface area contributed by atoms with Crippen LogP contribution < -0.4 is 10.6 Å². The smallest absolute Gasteiger partial charge is 0.208 e. The second-order valence-electron chi connectivity index (χ2n) is 3.20. The molecule has 0 saturated carbocycles. The molecule has 0 aliphatic carbocycles. The molecule has 0 bridgehead atoms. The Balaban J connectivity index is 2.15. The van der Waals surface area contributed by atoms with Gasteiger partial charge in [0, 0.05) is 23.4 Å². The Hall–Kier alpha value is -0.750. The molecule has 1 aliphatic rings. The molecule has 76 valence electrons. The number of rotatable bonds is 1. The van der Waals surface area contributed by atoms with E-state index in [0.29, 0.717) is 11.6 Å². The minimum absolute atomic E-state index is 0.213. The Morgan fingerprint density at radius 1 is 1.57 bits per heavy atom. The van der Waals surface area contributed by atoms with Crippen LogP contribution in [0, 0.1) is 5.82 Å². The maximum absolute atomic E-state index is 13.2. The summed E-state index contributed by atoms with van der Waals surface area (Å²) in [5.41, 5.74) is 0.540. The van der Waals surface area contributed by atoms with Crippen LogP contribution in [-0.2, 0) is 0 Å². The van der Waals surface area contributed by atoms with Crippen molar-refractivity contribution < 1.29 is 4.39 Å². The van der Waals surface area contributed by atoms with Gasteiger partial charge in [-0.1, -0.05) is 0 Å².